The third kappa shape index (κ3) is 5.68. The van der Waals surface area contributed by atoms with Gasteiger partial charge >= 0.3 is 0 Å². The van der Waals surface area contributed by atoms with Gasteiger partial charge in [0.15, 0.2) is 11.0 Å². The van der Waals surface area contributed by atoms with Crippen LogP contribution in [0.4, 0.5) is 0 Å². The highest BCUT2D eigenvalue weighted by Gasteiger charge is 2.16. The Morgan fingerprint density at radius 1 is 1.14 bits per heavy atom. The molecule has 0 radical (unpaired) electrons. The molecule has 1 N–H and O–H groups in total. The van der Waals surface area contributed by atoms with Crippen molar-refractivity contribution in [3.05, 3.63) is 53.8 Å². The topological polar surface area (TPSA) is 82.3 Å². The van der Waals surface area contributed by atoms with E-state index in [4.69, 9.17) is 21.1 Å². The largest absolute Gasteiger partial charge is 0.491 e. The molecule has 2 aromatic heterocycles. The fraction of sp³-hybridized carbons (Fsp3) is 0.316. The van der Waals surface area contributed by atoms with Gasteiger partial charge in [0.2, 0.25) is 0 Å². The van der Waals surface area contributed by atoms with Crippen molar-refractivity contribution in [1.29, 1.82) is 0 Å². The summed E-state index contributed by atoms with van der Waals surface area (Å²) in [7, 11) is 1.65. The Labute approximate surface area is 172 Å². The average molecular weight is 421 g/mol. The van der Waals surface area contributed by atoms with Gasteiger partial charge in [0.25, 0.3) is 0 Å². The molecule has 0 amide bonds. The lowest BCUT2D eigenvalue weighted by Gasteiger charge is -2.13. The van der Waals surface area contributed by atoms with Gasteiger partial charge in [-0.15, -0.1) is 10.2 Å². The second-order valence-electron chi connectivity index (χ2n) is 5.92. The summed E-state index contributed by atoms with van der Waals surface area (Å²) in [4.78, 5) is 4.04. The zero-order valence-electron chi connectivity index (χ0n) is 15.4. The van der Waals surface area contributed by atoms with E-state index in [0.717, 1.165) is 16.5 Å². The molecule has 148 valence electrons. The van der Waals surface area contributed by atoms with Crippen molar-refractivity contribution < 1.29 is 14.6 Å². The first kappa shape index (κ1) is 20.6. The number of aliphatic hydroxyl groups excluding tert-OH is 1. The summed E-state index contributed by atoms with van der Waals surface area (Å²) in [5, 5.41) is 20.2. The second kappa shape index (κ2) is 10.4. The van der Waals surface area contributed by atoms with Gasteiger partial charge in [0.1, 0.15) is 12.4 Å². The van der Waals surface area contributed by atoms with Crippen molar-refractivity contribution in [2.75, 3.05) is 26.1 Å². The molecule has 7 nitrogen and oxygen atoms in total. The number of aromatic nitrogens is 4. The Kier molecular flexibility index (Phi) is 7.67. The summed E-state index contributed by atoms with van der Waals surface area (Å²) < 4.78 is 12.8. The zero-order valence-corrected chi connectivity index (χ0v) is 16.9. The number of hydrogen-bond donors (Lipinski definition) is 1. The molecule has 9 heteroatoms. The predicted molar refractivity (Wildman–Crippen MR) is 109 cm³/mol. The molecule has 1 aromatic carbocycles. The van der Waals surface area contributed by atoms with Gasteiger partial charge in [-0.05, 0) is 36.4 Å². The van der Waals surface area contributed by atoms with Crippen LogP contribution in [0.3, 0.4) is 0 Å². The van der Waals surface area contributed by atoms with E-state index in [1.807, 2.05) is 16.7 Å². The summed E-state index contributed by atoms with van der Waals surface area (Å²) >= 11 is 7.28. The monoisotopic (exact) mass is 420 g/mol. The van der Waals surface area contributed by atoms with E-state index in [9.17, 15) is 5.11 Å². The molecule has 0 bridgehead atoms. The molecule has 1 atom stereocenters. The van der Waals surface area contributed by atoms with Crippen molar-refractivity contribution >= 4 is 23.4 Å². The molecule has 28 heavy (non-hydrogen) atoms. The van der Waals surface area contributed by atoms with Crippen molar-refractivity contribution in [2.24, 2.45) is 0 Å². The lowest BCUT2D eigenvalue weighted by atomic mass is 10.2. The standard InChI is InChI=1S/C19H21ClN4O3S/c1-26-11-10-24-18(14-6-8-21-9-7-14)22-23-19(24)28-13-16(25)12-27-17-4-2-15(20)3-5-17/h2-9,16,25H,10-13H2,1H3. The van der Waals surface area contributed by atoms with E-state index >= 15 is 0 Å². The molecule has 0 saturated heterocycles. The maximum Gasteiger partial charge on any atom is 0.191 e. The maximum absolute atomic E-state index is 10.3. The van der Waals surface area contributed by atoms with Gasteiger partial charge in [-0.25, -0.2) is 0 Å². The highest BCUT2D eigenvalue weighted by molar-refractivity contribution is 7.99. The Bertz CT molecular complexity index is 861. The quantitative estimate of drug-likeness (QED) is 0.504. The second-order valence-corrected chi connectivity index (χ2v) is 7.34. The molecule has 0 aliphatic heterocycles. The molecule has 2 heterocycles. The Balaban J connectivity index is 1.61. The highest BCUT2D eigenvalue weighted by Crippen LogP contribution is 2.24. The van der Waals surface area contributed by atoms with Crippen molar-refractivity contribution in [2.45, 2.75) is 17.8 Å². The Morgan fingerprint density at radius 2 is 1.89 bits per heavy atom. The number of pyridine rings is 1. The van der Waals surface area contributed by atoms with Crippen LogP contribution in [0, 0.1) is 0 Å². The van der Waals surface area contributed by atoms with Crippen molar-refractivity contribution in [3.8, 4) is 17.1 Å². The number of thioether (sulfide) groups is 1. The van der Waals surface area contributed by atoms with Crippen LogP contribution < -0.4 is 4.74 Å². The normalized spacial score (nSPS) is 12.1. The Morgan fingerprint density at radius 3 is 2.61 bits per heavy atom. The fourth-order valence-corrected chi connectivity index (χ4v) is 3.43. The molecular weight excluding hydrogens is 400 g/mol. The van der Waals surface area contributed by atoms with Crippen LogP contribution in [0.15, 0.2) is 53.9 Å². The molecule has 0 saturated carbocycles. The lowest BCUT2D eigenvalue weighted by Crippen LogP contribution is -2.20. The summed E-state index contributed by atoms with van der Waals surface area (Å²) in [5.41, 5.74) is 0.928. The van der Waals surface area contributed by atoms with Gasteiger partial charge in [-0.2, -0.15) is 0 Å². The fourth-order valence-electron chi connectivity index (χ4n) is 2.44. The minimum Gasteiger partial charge on any atom is -0.491 e. The molecule has 0 fully saturated rings. The van der Waals surface area contributed by atoms with Crippen LogP contribution in [-0.2, 0) is 11.3 Å². The first-order chi connectivity index (χ1) is 13.7. The minimum atomic E-state index is -0.655. The van der Waals surface area contributed by atoms with Crippen LogP contribution in [0.1, 0.15) is 0 Å². The zero-order chi connectivity index (χ0) is 19.8. The van der Waals surface area contributed by atoms with Gasteiger partial charge < -0.3 is 14.6 Å². The summed E-state index contributed by atoms with van der Waals surface area (Å²) in [6, 6.07) is 10.8. The number of benzene rings is 1. The van der Waals surface area contributed by atoms with Gasteiger partial charge in [0, 0.05) is 35.8 Å². The number of halogens is 1. The summed E-state index contributed by atoms with van der Waals surface area (Å²) in [6.07, 6.45) is 2.78. The predicted octanol–water partition coefficient (Wildman–Crippen LogP) is 3.17. The Hall–Kier alpha value is -2.13. The number of nitrogens with zero attached hydrogens (tertiary/aromatic N) is 4. The summed E-state index contributed by atoms with van der Waals surface area (Å²) in [6.45, 7) is 1.32. The average Bonchev–Trinajstić information content (AvgIpc) is 3.13. The third-order valence-electron chi connectivity index (χ3n) is 3.84. The maximum atomic E-state index is 10.3. The SMILES string of the molecule is COCCn1c(SCC(O)COc2ccc(Cl)cc2)nnc1-c1ccncc1. The van der Waals surface area contributed by atoms with Crippen LogP contribution >= 0.6 is 23.4 Å². The molecule has 0 aliphatic rings. The van der Waals surface area contributed by atoms with Gasteiger partial charge in [-0.3, -0.25) is 9.55 Å². The number of methoxy groups -OCH3 is 1. The molecule has 0 spiro atoms. The molecule has 1 unspecified atom stereocenters. The number of aliphatic hydroxyl groups is 1. The van der Waals surface area contributed by atoms with E-state index < -0.39 is 6.10 Å². The van der Waals surface area contributed by atoms with Gasteiger partial charge in [-0.1, -0.05) is 23.4 Å². The van der Waals surface area contributed by atoms with E-state index in [1.165, 1.54) is 11.8 Å². The van der Waals surface area contributed by atoms with Crippen LogP contribution in [0.5, 0.6) is 5.75 Å². The molecular formula is C19H21ClN4O3S. The van der Waals surface area contributed by atoms with E-state index in [-0.39, 0.29) is 6.61 Å². The van der Waals surface area contributed by atoms with Crippen molar-refractivity contribution in [1.82, 2.24) is 19.7 Å². The lowest BCUT2D eigenvalue weighted by molar-refractivity contribution is 0.126. The number of hydrogen-bond acceptors (Lipinski definition) is 7. The van der Waals surface area contributed by atoms with Gasteiger partial charge in [0.05, 0.1) is 19.3 Å². The summed E-state index contributed by atoms with van der Waals surface area (Å²) in [5.74, 6) is 1.83. The van der Waals surface area contributed by atoms with E-state index in [2.05, 4.69) is 15.2 Å². The van der Waals surface area contributed by atoms with Crippen molar-refractivity contribution in [3.63, 3.8) is 0 Å². The van der Waals surface area contributed by atoms with E-state index in [1.54, 1.807) is 43.8 Å². The first-order valence-electron chi connectivity index (χ1n) is 8.69. The van der Waals surface area contributed by atoms with Crippen LogP contribution in [-0.4, -0.2) is 57.0 Å². The number of ether oxygens (including phenoxy) is 2. The minimum absolute atomic E-state index is 0.179. The highest BCUT2D eigenvalue weighted by atomic mass is 35.5. The molecule has 3 rings (SSSR count). The van der Waals surface area contributed by atoms with E-state index in [0.29, 0.717) is 29.7 Å². The number of rotatable bonds is 10. The smallest absolute Gasteiger partial charge is 0.191 e. The molecule has 0 aliphatic carbocycles. The van der Waals surface area contributed by atoms with Crippen LogP contribution in [0.25, 0.3) is 11.4 Å². The molecule has 3 aromatic rings. The first-order valence-corrected chi connectivity index (χ1v) is 10.1. The third-order valence-corrected chi connectivity index (χ3v) is 5.20. The van der Waals surface area contributed by atoms with Crippen LogP contribution in [0.2, 0.25) is 5.02 Å².